The van der Waals surface area contributed by atoms with Crippen molar-refractivity contribution in [2.45, 2.75) is 12.5 Å². The predicted octanol–water partition coefficient (Wildman–Crippen LogP) is -0.511. The minimum absolute atomic E-state index is 0.0373. The Morgan fingerprint density at radius 1 is 1.73 bits per heavy atom. The molecule has 5 nitrogen and oxygen atoms in total. The zero-order chi connectivity index (χ0) is 11.3. The molecule has 1 aliphatic rings. The van der Waals surface area contributed by atoms with E-state index in [0.717, 1.165) is 6.42 Å². The Kier molecular flexibility index (Phi) is 5.01. The first-order valence-electron chi connectivity index (χ1n) is 5.15. The average molecular weight is 217 g/mol. The maximum absolute atomic E-state index is 11.8. The zero-order valence-electron chi connectivity index (χ0n) is 9.31. The van der Waals surface area contributed by atoms with E-state index in [-0.39, 0.29) is 18.4 Å². The second kappa shape index (κ2) is 6.05. The van der Waals surface area contributed by atoms with Crippen LogP contribution >= 0.6 is 0 Å². The second-order valence-corrected chi connectivity index (χ2v) is 3.89. The second-order valence-electron chi connectivity index (χ2n) is 3.89. The molecule has 1 fully saturated rings. The molecule has 5 heteroatoms. The summed E-state index contributed by atoms with van der Waals surface area (Å²) in [4.78, 5) is 13.3. The van der Waals surface area contributed by atoms with Crippen LogP contribution in [0.5, 0.6) is 0 Å². The van der Waals surface area contributed by atoms with Gasteiger partial charge in [0.05, 0.1) is 25.2 Å². The highest BCUT2D eigenvalue weighted by Gasteiger charge is 2.26. The fraction of sp³-hybridized carbons (Fsp3) is 0.900. The van der Waals surface area contributed by atoms with Crippen molar-refractivity contribution in [3.8, 4) is 0 Å². The van der Waals surface area contributed by atoms with Gasteiger partial charge in [-0.25, -0.2) is 0 Å². The summed E-state index contributed by atoms with van der Waals surface area (Å²) in [6, 6.07) is 0. The van der Waals surface area contributed by atoms with E-state index < -0.39 is 6.10 Å². The van der Waals surface area contributed by atoms with Gasteiger partial charge < -0.3 is 19.5 Å². The van der Waals surface area contributed by atoms with Crippen molar-refractivity contribution >= 4 is 5.91 Å². The number of amides is 1. The number of hydrogen-bond donors (Lipinski definition) is 1. The summed E-state index contributed by atoms with van der Waals surface area (Å²) in [7, 11) is 3.22. The number of methoxy groups -OCH3 is 1. The van der Waals surface area contributed by atoms with E-state index in [1.807, 2.05) is 0 Å². The number of carbonyl (C=O) groups is 1. The van der Waals surface area contributed by atoms with E-state index in [9.17, 15) is 9.90 Å². The van der Waals surface area contributed by atoms with Gasteiger partial charge in [-0.2, -0.15) is 0 Å². The number of hydrogen-bond acceptors (Lipinski definition) is 4. The molecule has 88 valence electrons. The SMILES string of the molecule is COCC(O)CN(C)C(=O)C1CCOC1. The predicted molar refractivity (Wildman–Crippen MR) is 54.4 cm³/mol. The maximum Gasteiger partial charge on any atom is 0.227 e. The van der Waals surface area contributed by atoms with Crippen molar-refractivity contribution in [3.63, 3.8) is 0 Å². The fourth-order valence-corrected chi connectivity index (χ4v) is 1.69. The van der Waals surface area contributed by atoms with Crippen LogP contribution in [0.15, 0.2) is 0 Å². The molecule has 0 spiro atoms. The van der Waals surface area contributed by atoms with Crippen LogP contribution < -0.4 is 0 Å². The van der Waals surface area contributed by atoms with E-state index in [1.54, 1.807) is 11.9 Å². The third-order valence-corrected chi connectivity index (χ3v) is 2.50. The van der Waals surface area contributed by atoms with Gasteiger partial charge in [0.2, 0.25) is 5.91 Å². The molecule has 0 radical (unpaired) electrons. The number of aliphatic hydroxyl groups is 1. The first kappa shape index (κ1) is 12.4. The van der Waals surface area contributed by atoms with Gasteiger partial charge in [0.15, 0.2) is 0 Å². The lowest BCUT2D eigenvalue weighted by Crippen LogP contribution is -2.39. The molecule has 15 heavy (non-hydrogen) atoms. The summed E-state index contributed by atoms with van der Waals surface area (Å²) in [5.41, 5.74) is 0. The Labute approximate surface area is 90.0 Å². The summed E-state index contributed by atoms with van der Waals surface area (Å²) < 4.78 is 9.94. The molecule has 1 saturated heterocycles. The molecular formula is C10H19NO4. The van der Waals surface area contributed by atoms with Crippen LogP contribution in [0, 0.1) is 5.92 Å². The fourth-order valence-electron chi connectivity index (χ4n) is 1.69. The molecule has 1 amide bonds. The van der Waals surface area contributed by atoms with E-state index in [0.29, 0.717) is 19.8 Å². The smallest absolute Gasteiger partial charge is 0.227 e. The van der Waals surface area contributed by atoms with Crippen LogP contribution in [0.4, 0.5) is 0 Å². The maximum atomic E-state index is 11.8. The van der Waals surface area contributed by atoms with Crippen LogP contribution in [0.1, 0.15) is 6.42 Å². The van der Waals surface area contributed by atoms with Gasteiger partial charge in [-0.05, 0) is 6.42 Å². The van der Waals surface area contributed by atoms with E-state index >= 15 is 0 Å². The molecule has 1 rings (SSSR count). The van der Waals surface area contributed by atoms with Crippen LogP contribution in [-0.4, -0.2) is 62.5 Å². The average Bonchev–Trinajstić information content (AvgIpc) is 2.69. The van der Waals surface area contributed by atoms with Crippen LogP contribution in [0.25, 0.3) is 0 Å². The zero-order valence-corrected chi connectivity index (χ0v) is 9.31. The van der Waals surface area contributed by atoms with E-state index in [4.69, 9.17) is 9.47 Å². The molecule has 1 aliphatic heterocycles. The number of aliphatic hydroxyl groups excluding tert-OH is 1. The molecule has 2 unspecified atom stereocenters. The number of ether oxygens (including phenoxy) is 2. The van der Waals surface area contributed by atoms with Gasteiger partial charge >= 0.3 is 0 Å². The standard InChI is InChI=1S/C10H19NO4/c1-11(5-9(12)7-14-2)10(13)8-3-4-15-6-8/h8-9,12H,3-7H2,1-2H3. The van der Waals surface area contributed by atoms with Crippen molar-refractivity contribution in [2.24, 2.45) is 5.92 Å². The molecule has 2 atom stereocenters. The third kappa shape index (κ3) is 3.77. The lowest BCUT2D eigenvalue weighted by Gasteiger charge is -2.22. The minimum Gasteiger partial charge on any atom is -0.389 e. The third-order valence-electron chi connectivity index (χ3n) is 2.50. The quantitative estimate of drug-likeness (QED) is 0.673. The van der Waals surface area contributed by atoms with Gasteiger partial charge in [0.1, 0.15) is 0 Å². The van der Waals surface area contributed by atoms with E-state index in [2.05, 4.69) is 0 Å². The van der Waals surface area contributed by atoms with Gasteiger partial charge in [-0.1, -0.05) is 0 Å². The van der Waals surface area contributed by atoms with Crippen molar-refractivity contribution in [1.82, 2.24) is 4.90 Å². The lowest BCUT2D eigenvalue weighted by molar-refractivity contribution is -0.135. The van der Waals surface area contributed by atoms with Gasteiger partial charge in [-0.3, -0.25) is 4.79 Å². The molecule has 1 N–H and O–H groups in total. The van der Waals surface area contributed by atoms with Gasteiger partial charge in [0, 0.05) is 27.3 Å². The monoisotopic (exact) mass is 217 g/mol. The van der Waals surface area contributed by atoms with Crippen molar-refractivity contribution in [3.05, 3.63) is 0 Å². The molecule has 1 heterocycles. The normalized spacial score (nSPS) is 22.7. The topological polar surface area (TPSA) is 59.0 Å². The molecule has 0 aromatic heterocycles. The molecular weight excluding hydrogens is 198 g/mol. The molecule has 0 aromatic carbocycles. The lowest BCUT2D eigenvalue weighted by atomic mass is 10.1. The van der Waals surface area contributed by atoms with Crippen molar-refractivity contribution in [1.29, 1.82) is 0 Å². The highest BCUT2D eigenvalue weighted by molar-refractivity contribution is 5.78. The largest absolute Gasteiger partial charge is 0.389 e. The molecule has 0 aromatic rings. The molecule has 0 saturated carbocycles. The van der Waals surface area contributed by atoms with Crippen LogP contribution in [-0.2, 0) is 14.3 Å². The summed E-state index contributed by atoms with van der Waals surface area (Å²) in [5, 5.41) is 9.46. The summed E-state index contributed by atoms with van der Waals surface area (Å²) in [5.74, 6) is 0.00685. The summed E-state index contributed by atoms with van der Waals surface area (Å²) in [6.07, 6.45) is 0.162. The summed E-state index contributed by atoms with van der Waals surface area (Å²) >= 11 is 0. The van der Waals surface area contributed by atoms with Gasteiger partial charge in [-0.15, -0.1) is 0 Å². The Hall–Kier alpha value is -0.650. The molecule has 0 aliphatic carbocycles. The van der Waals surface area contributed by atoms with Crippen LogP contribution in [0.2, 0.25) is 0 Å². The van der Waals surface area contributed by atoms with Crippen molar-refractivity contribution < 1.29 is 19.4 Å². The Morgan fingerprint density at radius 3 is 3.00 bits per heavy atom. The Bertz CT molecular complexity index is 204. The van der Waals surface area contributed by atoms with Crippen molar-refractivity contribution in [2.75, 3.05) is 40.5 Å². The highest BCUT2D eigenvalue weighted by Crippen LogP contribution is 2.14. The Morgan fingerprint density at radius 2 is 2.47 bits per heavy atom. The first-order valence-corrected chi connectivity index (χ1v) is 5.15. The number of rotatable bonds is 5. The van der Waals surface area contributed by atoms with Gasteiger partial charge in [0.25, 0.3) is 0 Å². The van der Waals surface area contributed by atoms with Crippen LogP contribution in [0.3, 0.4) is 0 Å². The first-order chi connectivity index (χ1) is 7.15. The molecule has 0 bridgehead atoms. The van der Waals surface area contributed by atoms with E-state index in [1.165, 1.54) is 7.11 Å². The Balaban J connectivity index is 2.31. The summed E-state index contributed by atoms with van der Waals surface area (Å²) in [6.45, 7) is 1.72. The number of nitrogens with zero attached hydrogens (tertiary/aromatic N) is 1. The minimum atomic E-state index is -0.619. The number of carbonyl (C=O) groups excluding carboxylic acids is 1. The highest BCUT2D eigenvalue weighted by atomic mass is 16.5. The number of likely N-dealkylation sites (N-methyl/N-ethyl adjacent to an activating group) is 1.